The summed E-state index contributed by atoms with van der Waals surface area (Å²) < 4.78 is 16.8. The van der Waals surface area contributed by atoms with Gasteiger partial charge in [0, 0.05) is 42.2 Å². The molecule has 0 aromatic carbocycles. The van der Waals surface area contributed by atoms with E-state index in [0.29, 0.717) is 47.7 Å². The molecule has 0 bridgehead atoms. The molecule has 186 valence electrons. The number of carbonyl (C=O) groups is 1. The molecule has 1 atom stereocenters. The molecule has 7 rings (SSSR count). The quantitative estimate of drug-likeness (QED) is 0.435. The number of rotatable bonds is 6. The fourth-order valence-corrected chi connectivity index (χ4v) is 6.38. The summed E-state index contributed by atoms with van der Waals surface area (Å²) in [7, 11) is 0. The Kier molecular flexibility index (Phi) is 5.05. The van der Waals surface area contributed by atoms with Crippen LogP contribution in [0.1, 0.15) is 85.4 Å². The van der Waals surface area contributed by atoms with Crippen LogP contribution in [0.2, 0.25) is 0 Å². The van der Waals surface area contributed by atoms with Crippen molar-refractivity contribution in [1.29, 1.82) is 0 Å². The van der Waals surface area contributed by atoms with Crippen molar-refractivity contribution in [2.24, 2.45) is 11.3 Å². The van der Waals surface area contributed by atoms with Gasteiger partial charge in [0.2, 0.25) is 0 Å². The van der Waals surface area contributed by atoms with Crippen LogP contribution >= 0.6 is 0 Å². The van der Waals surface area contributed by atoms with Crippen LogP contribution < -0.4 is 0 Å². The monoisotopic (exact) mass is 485 g/mol. The fraction of sp³-hybridized carbons (Fsp3) is 0.517. The van der Waals surface area contributed by atoms with Crippen LogP contribution in [0.3, 0.4) is 0 Å². The van der Waals surface area contributed by atoms with Gasteiger partial charge in [0.1, 0.15) is 6.17 Å². The highest BCUT2D eigenvalue weighted by atomic mass is 19.1. The molecule has 6 nitrogen and oxygen atoms in total. The third-order valence-electron chi connectivity index (χ3n) is 8.67. The van der Waals surface area contributed by atoms with Crippen molar-refractivity contribution in [2.45, 2.75) is 77.6 Å². The lowest BCUT2D eigenvalue weighted by molar-refractivity contribution is 0.0770. The first-order valence-electron chi connectivity index (χ1n) is 13.5. The average molecular weight is 486 g/mol. The third kappa shape index (κ3) is 3.84. The number of aromatic nitrogens is 4. The summed E-state index contributed by atoms with van der Waals surface area (Å²) in [6.07, 6.45) is 13.4. The van der Waals surface area contributed by atoms with E-state index in [1.54, 1.807) is 6.20 Å². The van der Waals surface area contributed by atoms with E-state index in [2.05, 4.69) is 28.9 Å². The van der Waals surface area contributed by atoms with Gasteiger partial charge in [0.15, 0.2) is 0 Å². The minimum absolute atomic E-state index is 0.0509. The normalized spacial score (nSPS) is 22.3. The van der Waals surface area contributed by atoms with Crippen molar-refractivity contribution in [3.8, 4) is 22.4 Å². The van der Waals surface area contributed by atoms with Crippen LogP contribution in [0.15, 0.2) is 30.7 Å². The zero-order valence-electron chi connectivity index (χ0n) is 20.8. The molecule has 1 amide bonds. The highest BCUT2D eigenvalue weighted by Gasteiger charge is 2.34. The molecule has 36 heavy (non-hydrogen) atoms. The summed E-state index contributed by atoms with van der Waals surface area (Å²) in [5.41, 5.74) is 6.64. The lowest BCUT2D eigenvalue weighted by Crippen LogP contribution is -2.26. The standard InChI is InChI=1S/C29H32FN5O/c1-29(8-2-3-9-29)17-35-15-21(13-32-35)22-10-19-6-7-24(30)27(19)33-26(22)20-11-23-25(31-12-20)16-34(28(23)36)14-18-4-5-18/h10-13,15,18,24H,2-9,14,16-17H2,1H3/t24-/m0/s1. The third-order valence-corrected chi connectivity index (χ3v) is 8.67. The van der Waals surface area contributed by atoms with Gasteiger partial charge in [-0.05, 0) is 67.6 Å². The Labute approximate surface area is 210 Å². The number of fused-ring (bicyclic) bond motifs is 2. The zero-order chi connectivity index (χ0) is 24.4. The van der Waals surface area contributed by atoms with Gasteiger partial charge in [-0.25, -0.2) is 9.37 Å². The summed E-state index contributed by atoms with van der Waals surface area (Å²) >= 11 is 0. The first-order chi connectivity index (χ1) is 17.5. The molecule has 0 spiro atoms. The first-order valence-corrected chi connectivity index (χ1v) is 13.5. The molecule has 4 heterocycles. The molecular weight excluding hydrogens is 453 g/mol. The van der Waals surface area contributed by atoms with E-state index in [9.17, 15) is 9.18 Å². The van der Waals surface area contributed by atoms with Crippen molar-refractivity contribution in [2.75, 3.05) is 6.54 Å². The largest absolute Gasteiger partial charge is 0.332 e. The van der Waals surface area contributed by atoms with E-state index >= 15 is 0 Å². The van der Waals surface area contributed by atoms with Crippen LogP contribution in [0, 0.1) is 11.3 Å². The molecular formula is C29H32FN5O. The number of alkyl halides is 1. The average Bonchev–Trinajstić information content (AvgIpc) is 3.16. The van der Waals surface area contributed by atoms with Gasteiger partial charge in [-0.2, -0.15) is 5.10 Å². The molecule has 7 heteroatoms. The molecule has 0 saturated heterocycles. The lowest BCUT2D eigenvalue weighted by Gasteiger charge is -2.23. The predicted octanol–water partition coefficient (Wildman–Crippen LogP) is 5.91. The van der Waals surface area contributed by atoms with E-state index in [-0.39, 0.29) is 5.91 Å². The Morgan fingerprint density at radius 1 is 1.08 bits per heavy atom. The predicted molar refractivity (Wildman–Crippen MR) is 135 cm³/mol. The number of nitrogens with zero attached hydrogens (tertiary/aromatic N) is 5. The van der Waals surface area contributed by atoms with Gasteiger partial charge >= 0.3 is 0 Å². The number of carbonyl (C=O) groups excluding carboxylic acids is 1. The summed E-state index contributed by atoms with van der Waals surface area (Å²) in [6, 6.07) is 4.01. The van der Waals surface area contributed by atoms with Crippen LogP contribution in [-0.4, -0.2) is 37.1 Å². The maximum Gasteiger partial charge on any atom is 0.256 e. The van der Waals surface area contributed by atoms with Gasteiger partial charge in [-0.15, -0.1) is 0 Å². The van der Waals surface area contributed by atoms with E-state index in [1.165, 1.54) is 38.5 Å². The second-order valence-electron chi connectivity index (χ2n) is 11.7. The number of hydrogen-bond donors (Lipinski definition) is 0. The van der Waals surface area contributed by atoms with E-state index in [0.717, 1.165) is 41.0 Å². The minimum Gasteiger partial charge on any atom is -0.332 e. The van der Waals surface area contributed by atoms with Gasteiger partial charge in [0.05, 0.1) is 35.4 Å². The molecule has 0 radical (unpaired) electrons. The van der Waals surface area contributed by atoms with Crippen LogP contribution in [0.4, 0.5) is 4.39 Å². The summed E-state index contributed by atoms with van der Waals surface area (Å²) in [4.78, 5) is 24.6. The van der Waals surface area contributed by atoms with Crippen LogP contribution in [-0.2, 0) is 19.5 Å². The molecule has 3 aliphatic carbocycles. The van der Waals surface area contributed by atoms with Crippen molar-refractivity contribution >= 4 is 5.91 Å². The topological polar surface area (TPSA) is 63.9 Å². The Morgan fingerprint density at radius 2 is 1.92 bits per heavy atom. The van der Waals surface area contributed by atoms with Gasteiger partial charge in [-0.3, -0.25) is 14.5 Å². The Bertz CT molecular complexity index is 1350. The van der Waals surface area contributed by atoms with Gasteiger partial charge in [0.25, 0.3) is 5.91 Å². The summed E-state index contributed by atoms with van der Waals surface area (Å²) in [5, 5.41) is 4.70. The van der Waals surface area contributed by atoms with Gasteiger partial charge < -0.3 is 4.90 Å². The Balaban J connectivity index is 1.27. The molecule has 0 N–H and O–H groups in total. The molecule has 2 fully saturated rings. The maximum absolute atomic E-state index is 14.7. The molecule has 2 saturated carbocycles. The minimum atomic E-state index is -1.05. The number of aryl methyl sites for hydroxylation is 1. The second-order valence-corrected chi connectivity index (χ2v) is 11.7. The number of amides is 1. The molecule has 3 aromatic heterocycles. The molecule has 0 unspecified atom stereocenters. The highest BCUT2D eigenvalue weighted by molar-refractivity contribution is 5.99. The van der Waals surface area contributed by atoms with Gasteiger partial charge in [-0.1, -0.05) is 19.8 Å². The molecule has 1 aliphatic heterocycles. The summed E-state index contributed by atoms with van der Waals surface area (Å²) in [5.74, 6) is 0.687. The van der Waals surface area contributed by atoms with Crippen molar-refractivity contribution in [1.82, 2.24) is 24.6 Å². The first kappa shape index (κ1) is 22.1. The lowest BCUT2D eigenvalue weighted by atomic mass is 9.89. The molecule has 3 aromatic rings. The number of pyridine rings is 2. The fourth-order valence-electron chi connectivity index (χ4n) is 6.38. The van der Waals surface area contributed by atoms with Crippen LogP contribution in [0.25, 0.3) is 22.4 Å². The number of halogens is 1. The van der Waals surface area contributed by atoms with Crippen molar-refractivity contribution < 1.29 is 9.18 Å². The molecule has 4 aliphatic rings. The van der Waals surface area contributed by atoms with E-state index in [4.69, 9.17) is 10.1 Å². The van der Waals surface area contributed by atoms with E-state index in [1.807, 2.05) is 17.2 Å². The Hall–Kier alpha value is -3.09. The highest BCUT2D eigenvalue weighted by Crippen LogP contribution is 2.42. The van der Waals surface area contributed by atoms with Crippen molar-refractivity contribution in [3.63, 3.8) is 0 Å². The number of hydrogen-bond acceptors (Lipinski definition) is 4. The summed E-state index contributed by atoms with van der Waals surface area (Å²) in [6.45, 7) is 4.64. The Morgan fingerprint density at radius 3 is 2.72 bits per heavy atom. The smallest absolute Gasteiger partial charge is 0.256 e. The van der Waals surface area contributed by atoms with Crippen LogP contribution in [0.5, 0.6) is 0 Å². The van der Waals surface area contributed by atoms with E-state index < -0.39 is 6.17 Å². The second kappa shape index (κ2) is 8.22. The SMILES string of the molecule is CC1(Cn2cc(-c3cc4c(nc3-c3cnc5c(c3)C(=O)N(CC3CC3)C5)[C@@H](F)CC4)cn2)CCCC1. The zero-order valence-corrected chi connectivity index (χ0v) is 20.8. The maximum atomic E-state index is 14.7. The van der Waals surface area contributed by atoms with Crippen molar-refractivity contribution in [3.05, 3.63) is 53.2 Å².